The average molecular weight is 284 g/mol. The Morgan fingerprint density at radius 1 is 1.67 bits per heavy atom. The zero-order valence-corrected chi connectivity index (χ0v) is 9.96. The van der Waals surface area contributed by atoms with E-state index < -0.39 is 0 Å². The van der Waals surface area contributed by atoms with Crippen LogP contribution in [-0.2, 0) is 9.47 Å². The highest BCUT2D eigenvalue weighted by Gasteiger charge is 2.32. The summed E-state index contributed by atoms with van der Waals surface area (Å²) < 4.78 is 12.2. The maximum absolute atomic E-state index is 5.93. The van der Waals surface area contributed by atoms with Crippen LogP contribution >= 0.6 is 22.6 Å². The van der Waals surface area contributed by atoms with Gasteiger partial charge in [-0.25, -0.2) is 0 Å². The minimum Gasteiger partial charge on any atom is -0.382 e. The van der Waals surface area contributed by atoms with Gasteiger partial charge in [0.15, 0.2) is 0 Å². The Bertz CT molecular complexity index is 136. The number of hydrogen-bond donors (Lipinski definition) is 0. The van der Waals surface area contributed by atoms with Crippen LogP contribution in [0.2, 0.25) is 0 Å². The molecule has 2 nitrogen and oxygen atoms in total. The summed E-state index contributed by atoms with van der Waals surface area (Å²) in [6, 6.07) is 0. The Hall–Kier alpha value is 0.650. The van der Waals surface area contributed by atoms with Crippen LogP contribution in [0.15, 0.2) is 0 Å². The van der Waals surface area contributed by atoms with E-state index in [2.05, 4.69) is 29.5 Å². The summed E-state index contributed by atoms with van der Waals surface area (Å²) in [5.41, 5.74) is -0.0250. The third-order valence-electron chi connectivity index (χ3n) is 2.30. The van der Waals surface area contributed by atoms with Gasteiger partial charge in [0.05, 0.1) is 18.3 Å². The summed E-state index contributed by atoms with van der Waals surface area (Å²) >= 11 is 2.39. The number of alkyl halides is 1. The first-order chi connectivity index (χ1) is 5.70. The second-order valence-electron chi connectivity index (χ2n) is 3.67. The minimum atomic E-state index is -0.0250. The molecule has 1 aliphatic rings. The van der Waals surface area contributed by atoms with Crippen LogP contribution in [0.25, 0.3) is 0 Å². The van der Waals surface area contributed by atoms with E-state index in [9.17, 15) is 0 Å². The van der Waals surface area contributed by atoms with Gasteiger partial charge < -0.3 is 9.47 Å². The Balaban J connectivity index is 2.43. The van der Waals surface area contributed by atoms with Crippen molar-refractivity contribution in [1.82, 2.24) is 0 Å². The minimum absolute atomic E-state index is 0.0250. The Labute approximate surface area is 88.1 Å². The first kappa shape index (κ1) is 10.7. The molecule has 1 heterocycles. The molecule has 72 valence electrons. The van der Waals surface area contributed by atoms with Gasteiger partial charge in [0.2, 0.25) is 0 Å². The summed E-state index contributed by atoms with van der Waals surface area (Å²) in [7, 11) is 1.74. The molecule has 0 aliphatic carbocycles. The molecule has 0 amide bonds. The third-order valence-corrected chi connectivity index (χ3v) is 3.29. The second-order valence-corrected chi connectivity index (χ2v) is 4.55. The Kier molecular flexibility index (Phi) is 4.26. The van der Waals surface area contributed by atoms with Crippen molar-refractivity contribution < 1.29 is 9.47 Å². The van der Waals surface area contributed by atoms with Crippen molar-refractivity contribution in [3.05, 3.63) is 0 Å². The van der Waals surface area contributed by atoms with Gasteiger partial charge in [0.1, 0.15) is 0 Å². The molecule has 0 radical (unpaired) electrons. The number of hydrogen-bond acceptors (Lipinski definition) is 2. The van der Waals surface area contributed by atoms with Crippen molar-refractivity contribution in [2.24, 2.45) is 0 Å². The summed E-state index contributed by atoms with van der Waals surface area (Å²) in [5, 5.41) is 0. The van der Waals surface area contributed by atoms with Gasteiger partial charge >= 0.3 is 0 Å². The van der Waals surface area contributed by atoms with E-state index in [1.54, 1.807) is 7.11 Å². The topological polar surface area (TPSA) is 18.5 Å². The van der Waals surface area contributed by atoms with E-state index >= 15 is 0 Å². The molecule has 2 atom stereocenters. The van der Waals surface area contributed by atoms with Crippen LogP contribution in [0.3, 0.4) is 0 Å². The van der Waals surface area contributed by atoms with Crippen LogP contribution in [0.1, 0.15) is 26.2 Å². The molecule has 0 bridgehead atoms. The zero-order chi connectivity index (χ0) is 9.03. The molecule has 12 heavy (non-hydrogen) atoms. The molecule has 1 fully saturated rings. The van der Waals surface area contributed by atoms with Gasteiger partial charge in [-0.2, -0.15) is 0 Å². The van der Waals surface area contributed by atoms with Gasteiger partial charge in [-0.3, -0.25) is 0 Å². The highest BCUT2D eigenvalue weighted by molar-refractivity contribution is 14.1. The van der Waals surface area contributed by atoms with Crippen molar-refractivity contribution in [1.29, 1.82) is 0 Å². The Morgan fingerprint density at radius 3 is 3.00 bits per heavy atom. The maximum Gasteiger partial charge on any atom is 0.0890 e. The number of ether oxygens (including phenoxy) is 2. The van der Waals surface area contributed by atoms with Crippen molar-refractivity contribution in [3.63, 3.8) is 0 Å². The van der Waals surface area contributed by atoms with Crippen LogP contribution in [0.5, 0.6) is 0 Å². The quantitative estimate of drug-likeness (QED) is 0.585. The fourth-order valence-electron chi connectivity index (χ4n) is 1.74. The number of methoxy groups -OCH3 is 1. The molecule has 0 aromatic carbocycles. The SMILES string of the molecule is COCC1(C)CCCC(CI)O1. The van der Waals surface area contributed by atoms with Crippen LogP contribution in [0, 0.1) is 0 Å². The van der Waals surface area contributed by atoms with Crippen molar-refractivity contribution in [3.8, 4) is 0 Å². The van der Waals surface area contributed by atoms with Crippen molar-refractivity contribution in [2.75, 3.05) is 18.1 Å². The van der Waals surface area contributed by atoms with E-state index in [0.29, 0.717) is 6.10 Å². The van der Waals surface area contributed by atoms with Gasteiger partial charge in [0.25, 0.3) is 0 Å². The van der Waals surface area contributed by atoms with Crippen LogP contribution < -0.4 is 0 Å². The fourth-order valence-corrected chi connectivity index (χ4v) is 2.36. The third kappa shape index (κ3) is 2.85. The molecule has 0 aromatic rings. The zero-order valence-electron chi connectivity index (χ0n) is 7.81. The van der Waals surface area contributed by atoms with Gasteiger partial charge in [0, 0.05) is 11.5 Å². The monoisotopic (exact) mass is 284 g/mol. The molecule has 1 rings (SSSR count). The predicted molar refractivity (Wildman–Crippen MR) is 57.9 cm³/mol. The summed E-state index contributed by atoms with van der Waals surface area (Å²) in [4.78, 5) is 0. The maximum atomic E-state index is 5.93. The molecule has 0 spiro atoms. The molecular formula is C9H17IO2. The summed E-state index contributed by atoms with van der Waals surface area (Å²) in [5.74, 6) is 0. The molecule has 3 heteroatoms. The van der Waals surface area contributed by atoms with Gasteiger partial charge in [-0.15, -0.1) is 0 Å². The van der Waals surface area contributed by atoms with E-state index in [1.165, 1.54) is 12.8 Å². The van der Waals surface area contributed by atoms with E-state index in [1.807, 2.05) is 0 Å². The average Bonchev–Trinajstić information content (AvgIpc) is 2.04. The second kappa shape index (κ2) is 4.77. The standard InChI is InChI=1S/C9H17IO2/c1-9(7-11-2)5-3-4-8(6-10)12-9/h8H,3-7H2,1-2H3. The largest absolute Gasteiger partial charge is 0.382 e. The number of halogens is 1. The molecule has 2 unspecified atom stereocenters. The first-order valence-electron chi connectivity index (χ1n) is 4.43. The van der Waals surface area contributed by atoms with E-state index in [-0.39, 0.29) is 5.60 Å². The molecule has 0 N–H and O–H groups in total. The first-order valence-corrected chi connectivity index (χ1v) is 5.95. The van der Waals surface area contributed by atoms with Crippen LogP contribution in [-0.4, -0.2) is 29.8 Å². The normalized spacial score (nSPS) is 36.8. The lowest BCUT2D eigenvalue weighted by atomic mass is 9.94. The summed E-state index contributed by atoms with van der Waals surface area (Å²) in [6.07, 6.45) is 4.06. The predicted octanol–water partition coefficient (Wildman–Crippen LogP) is 2.40. The molecule has 1 aliphatic heterocycles. The lowest BCUT2D eigenvalue weighted by molar-refractivity contribution is -0.136. The van der Waals surface area contributed by atoms with Gasteiger partial charge in [-0.1, -0.05) is 22.6 Å². The molecule has 1 saturated heterocycles. The highest BCUT2D eigenvalue weighted by Crippen LogP contribution is 2.29. The molecular weight excluding hydrogens is 267 g/mol. The smallest absolute Gasteiger partial charge is 0.0890 e. The lowest BCUT2D eigenvalue weighted by Gasteiger charge is -2.37. The fraction of sp³-hybridized carbons (Fsp3) is 1.00. The van der Waals surface area contributed by atoms with E-state index in [0.717, 1.165) is 17.5 Å². The lowest BCUT2D eigenvalue weighted by Crippen LogP contribution is -2.42. The van der Waals surface area contributed by atoms with Crippen molar-refractivity contribution in [2.45, 2.75) is 37.9 Å². The molecule has 0 aromatic heterocycles. The Morgan fingerprint density at radius 2 is 2.42 bits per heavy atom. The van der Waals surface area contributed by atoms with E-state index in [4.69, 9.17) is 9.47 Å². The number of rotatable bonds is 3. The molecule has 0 saturated carbocycles. The van der Waals surface area contributed by atoms with Crippen molar-refractivity contribution >= 4 is 22.6 Å². The highest BCUT2D eigenvalue weighted by atomic mass is 127. The van der Waals surface area contributed by atoms with Gasteiger partial charge in [-0.05, 0) is 26.2 Å². The summed E-state index contributed by atoms with van der Waals surface area (Å²) in [6.45, 7) is 2.87. The van der Waals surface area contributed by atoms with Crippen LogP contribution in [0.4, 0.5) is 0 Å².